The Morgan fingerprint density at radius 1 is 1.04 bits per heavy atom. The summed E-state index contributed by atoms with van der Waals surface area (Å²) in [6.45, 7) is 6.34. The first kappa shape index (κ1) is 21.8. The molecule has 150 valence electrons. The van der Waals surface area contributed by atoms with E-state index in [0.717, 1.165) is 62.5 Å². The summed E-state index contributed by atoms with van der Waals surface area (Å²) >= 11 is 0. The summed E-state index contributed by atoms with van der Waals surface area (Å²) in [6.07, 6.45) is 9.53. The summed E-state index contributed by atoms with van der Waals surface area (Å²) in [5, 5.41) is 7.01. The van der Waals surface area contributed by atoms with Gasteiger partial charge in [0, 0.05) is 19.1 Å². The minimum absolute atomic E-state index is 0. The molecule has 0 bridgehead atoms. The average Bonchev–Trinajstić information content (AvgIpc) is 3.50. The van der Waals surface area contributed by atoms with E-state index in [4.69, 9.17) is 9.73 Å². The van der Waals surface area contributed by atoms with Crippen molar-refractivity contribution in [2.24, 2.45) is 28.7 Å². The molecular formula is C20H36IN3O2. The van der Waals surface area contributed by atoms with E-state index < -0.39 is 0 Å². The molecule has 26 heavy (non-hydrogen) atoms. The van der Waals surface area contributed by atoms with Gasteiger partial charge in [0.1, 0.15) is 0 Å². The molecule has 0 aromatic carbocycles. The predicted molar refractivity (Wildman–Crippen MR) is 116 cm³/mol. The van der Waals surface area contributed by atoms with Crippen LogP contribution in [0.4, 0.5) is 0 Å². The number of rotatable bonds is 8. The molecule has 3 aliphatic carbocycles. The van der Waals surface area contributed by atoms with Gasteiger partial charge in [-0.05, 0) is 83.0 Å². The number of hydrogen-bond donors (Lipinski definition) is 2. The molecule has 0 saturated heterocycles. The Hall–Kier alpha value is -0.530. The van der Waals surface area contributed by atoms with Gasteiger partial charge in [0.05, 0.1) is 12.5 Å². The van der Waals surface area contributed by atoms with Crippen molar-refractivity contribution in [3.63, 3.8) is 0 Å². The lowest BCUT2D eigenvalue weighted by Gasteiger charge is -2.29. The number of ether oxygens (including phenoxy) is 1. The van der Waals surface area contributed by atoms with Crippen LogP contribution in [0.5, 0.6) is 0 Å². The lowest BCUT2D eigenvalue weighted by atomic mass is 9.86. The SMILES string of the molecule is CCNC(=NCC(C1CC1)C1CC1)NC1CCC(C(=O)OCC)CC1.I. The van der Waals surface area contributed by atoms with E-state index in [1.807, 2.05) is 6.92 Å². The van der Waals surface area contributed by atoms with Gasteiger partial charge < -0.3 is 15.4 Å². The molecule has 0 aromatic rings. The fourth-order valence-corrected chi connectivity index (χ4v) is 4.18. The van der Waals surface area contributed by atoms with Gasteiger partial charge in [0.15, 0.2) is 5.96 Å². The predicted octanol–water partition coefficient (Wildman–Crippen LogP) is 3.72. The van der Waals surface area contributed by atoms with Crippen molar-refractivity contribution in [3.8, 4) is 0 Å². The van der Waals surface area contributed by atoms with Crippen LogP contribution >= 0.6 is 24.0 Å². The molecule has 2 N–H and O–H groups in total. The largest absolute Gasteiger partial charge is 0.466 e. The highest BCUT2D eigenvalue weighted by Crippen LogP contribution is 2.49. The van der Waals surface area contributed by atoms with Crippen LogP contribution in [-0.4, -0.2) is 37.7 Å². The second-order valence-corrected chi connectivity index (χ2v) is 8.00. The van der Waals surface area contributed by atoms with E-state index in [0.29, 0.717) is 12.6 Å². The van der Waals surface area contributed by atoms with Gasteiger partial charge in [-0.2, -0.15) is 0 Å². The Morgan fingerprint density at radius 2 is 1.65 bits per heavy atom. The number of halogens is 1. The number of esters is 1. The minimum atomic E-state index is -0.0155. The Kier molecular flexibility index (Phi) is 8.97. The molecule has 5 nitrogen and oxygen atoms in total. The maximum Gasteiger partial charge on any atom is 0.308 e. The van der Waals surface area contributed by atoms with Gasteiger partial charge in [-0.1, -0.05) is 0 Å². The van der Waals surface area contributed by atoms with Crippen LogP contribution in [0.15, 0.2) is 4.99 Å². The number of guanidine groups is 1. The lowest BCUT2D eigenvalue weighted by Crippen LogP contribution is -2.45. The third-order valence-electron chi connectivity index (χ3n) is 5.95. The third-order valence-corrected chi connectivity index (χ3v) is 5.95. The number of aliphatic imine (C=N–C) groups is 1. The molecule has 6 heteroatoms. The standard InChI is InChI=1S/C20H35N3O2.HI/c1-3-21-20(22-13-18(14-5-6-14)15-7-8-15)23-17-11-9-16(10-12-17)19(24)25-4-2;/h14-18H,3-13H2,1-2H3,(H2,21,22,23);1H. The number of carbonyl (C=O) groups excluding carboxylic acids is 1. The summed E-state index contributed by atoms with van der Waals surface area (Å²) in [5.41, 5.74) is 0. The van der Waals surface area contributed by atoms with Crippen molar-refractivity contribution >= 4 is 35.9 Å². The highest BCUT2D eigenvalue weighted by molar-refractivity contribution is 14.0. The summed E-state index contributed by atoms with van der Waals surface area (Å²) in [7, 11) is 0. The summed E-state index contributed by atoms with van der Waals surface area (Å²) < 4.78 is 5.16. The second-order valence-electron chi connectivity index (χ2n) is 8.00. The average molecular weight is 477 g/mol. The molecular weight excluding hydrogens is 441 g/mol. The quantitative estimate of drug-likeness (QED) is 0.242. The Labute approximate surface area is 175 Å². The second kappa shape index (κ2) is 10.7. The fraction of sp³-hybridized carbons (Fsp3) is 0.900. The molecule has 3 aliphatic rings. The highest BCUT2D eigenvalue weighted by Gasteiger charge is 2.41. The van der Waals surface area contributed by atoms with Crippen LogP contribution in [0, 0.1) is 23.7 Å². The van der Waals surface area contributed by atoms with Gasteiger partial charge in [-0.15, -0.1) is 24.0 Å². The van der Waals surface area contributed by atoms with Crippen LogP contribution in [0.3, 0.4) is 0 Å². The maximum absolute atomic E-state index is 11.9. The van der Waals surface area contributed by atoms with Crippen molar-refractivity contribution < 1.29 is 9.53 Å². The Morgan fingerprint density at radius 3 is 2.15 bits per heavy atom. The van der Waals surface area contributed by atoms with E-state index in [2.05, 4.69) is 17.6 Å². The summed E-state index contributed by atoms with van der Waals surface area (Å²) in [4.78, 5) is 16.8. The fourth-order valence-electron chi connectivity index (χ4n) is 4.18. The van der Waals surface area contributed by atoms with Crippen molar-refractivity contribution in [2.75, 3.05) is 19.7 Å². The van der Waals surface area contributed by atoms with Crippen LogP contribution in [0.2, 0.25) is 0 Å². The zero-order chi connectivity index (χ0) is 17.6. The van der Waals surface area contributed by atoms with Crippen molar-refractivity contribution in [3.05, 3.63) is 0 Å². The highest BCUT2D eigenvalue weighted by atomic mass is 127. The monoisotopic (exact) mass is 477 g/mol. The molecule has 0 atom stereocenters. The lowest BCUT2D eigenvalue weighted by molar-refractivity contribution is -0.149. The van der Waals surface area contributed by atoms with Crippen molar-refractivity contribution in [1.29, 1.82) is 0 Å². The molecule has 3 fully saturated rings. The Balaban J connectivity index is 0.00000243. The number of carbonyl (C=O) groups is 1. The number of nitrogens with one attached hydrogen (secondary N) is 2. The minimum Gasteiger partial charge on any atom is -0.466 e. The van der Waals surface area contributed by atoms with Gasteiger partial charge in [-0.25, -0.2) is 0 Å². The molecule has 0 spiro atoms. The third kappa shape index (κ3) is 6.57. The van der Waals surface area contributed by atoms with Crippen LogP contribution < -0.4 is 10.6 Å². The van der Waals surface area contributed by atoms with E-state index in [1.54, 1.807) is 0 Å². The van der Waals surface area contributed by atoms with E-state index in [1.165, 1.54) is 25.7 Å². The van der Waals surface area contributed by atoms with Gasteiger partial charge in [0.2, 0.25) is 0 Å². The maximum atomic E-state index is 11.9. The Bertz CT molecular complexity index is 458. The van der Waals surface area contributed by atoms with Gasteiger partial charge in [-0.3, -0.25) is 9.79 Å². The molecule has 0 aliphatic heterocycles. The number of hydrogen-bond acceptors (Lipinski definition) is 3. The van der Waals surface area contributed by atoms with Gasteiger partial charge >= 0.3 is 5.97 Å². The molecule has 0 unspecified atom stereocenters. The summed E-state index contributed by atoms with van der Waals surface area (Å²) in [6, 6.07) is 0.420. The van der Waals surface area contributed by atoms with E-state index in [9.17, 15) is 4.79 Å². The summed E-state index contributed by atoms with van der Waals surface area (Å²) in [5.74, 6) is 3.74. The molecule has 3 rings (SSSR count). The van der Waals surface area contributed by atoms with Gasteiger partial charge in [0.25, 0.3) is 0 Å². The molecule has 0 aromatic heterocycles. The van der Waals surface area contributed by atoms with E-state index in [-0.39, 0.29) is 35.9 Å². The first-order chi connectivity index (χ1) is 12.2. The van der Waals surface area contributed by atoms with Crippen molar-refractivity contribution in [2.45, 2.75) is 71.3 Å². The smallest absolute Gasteiger partial charge is 0.308 e. The zero-order valence-corrected chi connectivity index (χ0v) is 18.7. The van der Waals surface area contributed by atoms with E-state index >= 15 is 0 Å². The van der Waals surface area contributed by atoms with Crippen LogP contribution in [-0.2, 0) is 9.53 Å². The molecule has 3 saturated carbocycles. The zero-order valence-electron chi connectivity index (χ0n) is 16.3. The normalized spacial score (nSPS) is 26.2. The molecule has 0 amide bonds. The first-order valence-corrected chi connectivity index (χ1v) is 10.4. The number of nitrogens with zero attached hydrogens (tertiary/aromatic N) is 1. The van der Waals surface area contributed by atoms with Crippen LogP contribution in [0.1, 0.15) is 65.2 Å². The first-order valence-electron chi connectivity index (χ1n) is 10.4. The van der Waals surface area contributed by atoms with Crippen molar-refractivity contribution in [1.82, 2.24) is 10.6 Å². The van der Waals surface area contributed by atoms with Crippen LogP contribution in [0.25, 0.3) is 0 Å². The molecule has 0 heterocycles. The molecule has 0 radical (unpaired) electrons. The topological polar surface area (TPSA) is 62.7 Å².